The fourth-order valence-electron chi connectivity index (χ4n) is 2.32. The van der Waals surface area contributed by atoms with E-state index in [4.69, 9.17) is 9.47 Å². The molecule has 4 heteroatoms. The Labute approximate surface area is 109 Å². The second-order valence-corrected chi connectivity index (χ2v) is 5.65. The minimum absolute atomic E-state index is 0.485. The molecule has 3 nitrogen and oxygen atoms in total. The van der Waals surface area contributed by atoms with E-state index in [1.807, 2.05) is 6.07 Å². The van der Waals surface area contributed by atoms with Crippen LogP contribution in [0.1, 0.15) is 24.0 Å². The summed E-state index contributed by atoms with van der Waals surface area (Å²) in [6.45, 7) is 0.706. The number of aliphatic hydroxyl groups is 1. The van der Waals surface area contributed by atoms with Crippen molar-refractivity contribution < 1.29 is 14.6 Å². The van der Waals surface area contributed by atoms with Gasteiger partial charge in [-0.3, -0.25) is 0 Å². The Kier molecular flexibility index (Phi) is 2.60. The van der Waals surface area contributed by atoms with Gasteiger partial charge in [0, 0.05) is 22.9 Å². The Hall–Kier alpha value is -0.740. The van der Waals surface area contributed by atoms with Crippen LogP contribution in [0.2, 0.25) is 0 Å². The summed E-state index contributed by atoms with van der Waals surface area (Å²) in [6.07, 6.45) is 3.39. The maximum Gasteiger partial charge on any atom is 0.165 e. The van der Waals surface area contributed by atoms with Gasteiger partial charge in [-0.1, -0.05) is 15.9 Å². The average Bonchev–Trinajstić information content (AvgIpc) is 2.85. The first-order valence-corrected chi connectivity index (χ1v) is 6.66. The lowest BCUT2D eigenvalue weighted by atomic mass is 10.0. The summed E-state index contributed by atoms with van der Waals surface area (Å²) in [5, 5.41) is 10.0. The van der Waals surface area contributed by atoms with E-state index < -0.39 is 5.60 Å². The summed E-state index contributed by atoms with van der Waals surface area (Å²) < 4.78 is 12.0. The standard InChI is InChI=1S/C13H15BrO3/c1-16-10-6-8(7-13(15)3-4-13)11(14)9-2-5-17-12(9)10/h6,15H,2-5,7H2,1H3. The number of halogens is 1. The van der Waals surface area contributed by atoms with Crippen molar-refractivity contribution in [3.8, 4) is 11.5 Å². The van der Waals surface area contributed by atoms with Crippen molar-refractivity contribution in [3.63, 3.8) is 0 Å². The quantitative estimate of drug-likeness (QED) is 0.932. The smallest absolute Gasteiger partial charge is 0.165 e. The van der Waals surface area contributed by atoms with Crippen molar-refractivity contribution in [1.82, 2.24) is 0 Å². The molecule has 1 aliphatic heterocycles. The zero-order chi connectivity index (χ0) is 12.0. The third kappa shape index (κ3) is 1.93. The average molecular weight is 299 g/mol. The lowest BCUT2D eigenvalue weighted by Gasteiger charge is -2.15. The minimum Gasteiger partial charge on any atom is -0.493 e. The molecular formula is C13H15BrO3. The number of hydrogen-bond acceptors (Lipinski definition) is 3. The lowest BCUT2D eigenvalue weighted by molar-refractivity contribution is 0.150. The van der Waals surface area contributed by atoms with E-state index in [9.17, 15) is 5.11 Å². The van der Waals surface area contributed by atoms with Gasteiger partial charge in [0.1, 0.15) is 0 Å². The highest BCUT2D eigenvalue weighted by Crippen LogP contribution is 2.46. The fourth-order valence-corrected chi connectivity index (χ4v) is 2.95. The third-order valence-corrected chi connectivity index (χ3v) is 4.50. The maximum atomic E-state index is 10.0. The third-order valence-electron chi connectivity index (χ3n) is 3.52. The van der Waals surface area contributed by atoms with E-state index in [1.54, 1.807) is 7.11 Å². The van der Waals surface area contributed by atoms with Gasteiger partial charge in [-0.05, 0) is 24.5 Å². The number of methoxy groups -OCH3 is 1. The van der Waals surface area contributed by atoms with E-state index >= 15 is 0 Å². The predicted octanol–water partition coefficient (Wildman–Crippen LogP) is 2.46. The monoisotopic (exact) mass is 298 g/mol. The van der Waals surface area contributed by atoms with Crippen LogP contribution in [0.5, 0.6) is 11.5 Å². The highest BCUT2D eigenvalue weighted by Gasteiger charge is 2.41. The van der Waals surface area contributed by atoms with Crippen molar-refractivity contribution in [2.24, 2.45) is 0 Å². The Balaban J connectivity index is 2.03. The molecule has 0 radical (unpaired) electrons. The maximum absolute atomic E-state index is 10.0. The van der Waals surface area contributed by atoms with Gasteiger partial charge >= 0.3 is 0 Å². The molecule has 0 amide bonds. The van der Waals surface area contributed by atoms with Crippen LogP contribution in [-0.2, 0) is 12.8 Å². The molecule has 1 aromatic carbocycles. The topological polar surface area (TPSA) is 38.7 Å². The molecule has 17 heavy (non-hydrogen) atoms. The Bertz CT molecular complexity index is 466. The first-order chi connectivity index (χ1) is 8.13. The van der Waals surface area contributed by atoms with Crippen LogP contribution in [0.4, 0.5) is 0 Å². The van der Waals surface area contributed by atoms with Crippen LogP contribution in [0.3, 0.4) is 0 Å². The van der Waals surface area contributed by atoms with Crippen LogP contribution >= 0.6 is 15.9 Å². The molecule has 0 atom stereocenters. The number of rotatable bonds is 3. The largest absolute Gasteiger partial charge is 0.493 e. The molecule has 1 aliphatic carbocycles. The molecule has 0 unspecified atom stereocenters. The van der Waals surface area contributed by atoms with E-state index in [2.05, 4.69) is 15.9 Å². The van der Waals surface area contributed by atoms with Crippen LogP contribution in [-0.4, -0.2) is 24.4 Å². The van der Waals surface area contributed by atoms with Crippen molar-refractivity contribution in [1.29, 1.82) is 0 Å². The summed E-state index contributed by atoms with van der Waals surface area (Å²) in [4.78, 5) is 0. The number of benzene rings is 1. The van der Waals surface area contributed by atoms with Gasteiger partial charge in [-0.2, -0.15) is 0 Å². The normalized spacial score (nSPS) is 19.7. The lowest BCUT2D eigenvalue weighted by Crippen LogP contribution is -2.11. The second-order valence-electron chi connectivity index (χ2n) is 4.86. The molecule has 1 fully saturated rings. The van der Waals surface area contributed by atoms with E-state index in [1.165, 1.54) is 5.56 Å². The number of fused-ring (bicyclic) bond motifs is 1. The van der Waals surface area contributed by atoms with Crippen molar-refractivity contribution in [2.75, 3.05) is 13.7 Å². The van der Waals surface area contributed by atoms with Crippen molar-refractivity contribution in [3.05, 3.63) is 21.7 Å². The summed E-state index contributed by atoms with van der Waals surface area (Å²) in [6, 6.07) is 1.98. The molecule has 92 valence electrons. The molecule has 1 heterocycles. The van der Waals surface area contributed by atoms with Crippen LogP contribution < -0.4 is 9.47 Å². The first kappa shape index (κ1) is 11.4. The summed E-state index contributed by atoms with van der Waals surface area (Å²) in [5.41, 5.74) is 1.80. The Morgan fingerprint density at radius 1 is 1.53 bits per heavy atom. The zero-order valence-electron chi connectivity index (χ0n) is 9.75. The van der Waals surface area contributed by atoms with Crippen LogP contribution in [0.15, 0.2) is 10.5 Å². The molecule has 3 rings (SSSR count). The molecule has 1 saturated carbocycles. The predicted molar refractivity (Wildman–Crippen MR) is 67.8 cm³/mol. The van der Waals surface area contributed by atoms with Gasteiger partial charge in [0.2, 0.25) is 0 Å². The summed E-state index contributed by atoms with van der Waals surface area (Å²) in [7, 11) is 1.65. The second kappa shape index (κ2) is 3.89. The molecular weight excluding hydrogens is 284 g/mol. The zero-order valence-corrected chi connectivity index (χ0v) is 11.3. The van der Waals surface area contributed by atoms with Gasteiger partial charge in [-0.25, -0.2) is 0 Å². The number of hydrogen-bond donors (Lipinski definition) is 1. The van der Waals surface area contributed by atoms with Gasteiger partial charge in [0.05, 0.1) is 19.3 Å². The molecule has 1 aromatic rings. The fraction of sp³-hybridized carbons (Fsp3) is 0.538. The molecule has 0 saturated heterocycles. The minimum atomic E-state index is -0.485. The highest BCUT2D eigenvalue weighted by atomic mass is 79.9. The van der Waals surface area contributed by atoms with Gasteiger partial charge in [0.25, 0.3) is 0 Å². The van der Waals surface area contributed by atoms with Gasteiger partial charge in [0.15, 0.2) is 11.5 Å². The number of ether oxygens (including phenoxy) is 2. The van der Waals surface area contributed by atoms with Gasteiger partial charge < -0.3 is 14.6 Å². The van der Waals surface area contributed by atoms with Crippen LogP contribution in [0.25, 0.3) is 0 Å². The van der Waals surface area contributed by atoms with Crippen LogP contribution in [0, 0.1) is 0 Å². The first-order valence-electron chi connectivity index (χ1n) is 5.86. The molecule has 1 N–H and O–H groups in total. The van der Waals surface area contributed by atoms with Gasteiger partial charge in [-0.15, -0.1) is 0 Å². The summed E-state index contributed by atoms with van der Waals surface area (Å²) in [5.74, 6) is 1.63. The molecule has 2 aliphatic rings. The Morgan fingerprint density at radius 2 is 2.29 bits per heavy atom. The summed E-state index contributed by atoms with van der Waals surface area (Å²) >= 11 is 3.63. The molecule has 0 aromatic heterocycles. The Morgan fingerprint density at radius 3 is 2.94 bits per heavy atom. The molecule has 0 bridgehead atoms. The van der Waals surface area contributed by atoms with E-state index in [-0.39, 0.29) is 0 Å². The van der Waals surface area contributed by atoms with Crippen molar-refractivity contribution in [2.45, 2.75) is 31.3 Å². The van der Waals surface area contributed by atoms with E-state index in [0.29, 0.717) is 13.0 Å². The van der Waals surface area contributed by atoms with E-state index in [0.717, 1.165) is 40.8 Å². The van der Waals surface area contributed by atoms with Crippen molar-refractivity contribution >= 4 is 15.9 Å². The molecule has 0 spiro atoms. The highest BCUT2D eigenvalue weighted by molar-refractivity contribution is 9.10. The SMILES string of the molecule is COc1cc(CC2(O)CC2)c(Br)c2c1OCC2.